The van der Waals surface area contributed by atoms with Gasteiger partial charge in [0, 0.05) is 61.0 Å². The van der Waals surface area contributed by atoms with Crippen molar-refractivity contribution in [3.8, 4) is 5.75 Å². The number of benzene rings is 2. The molecule has 7 nitrogen and oxygen atoms in total. The van der Waals surface area contributed by atoms with Crippen LogP contribution in [0.15, 0.2) is 53.7 Å². The largest absolute Gasteiger partial charge is 0.497 e. The molecule has 37 heavy (non-hydrogen) atoms. The van der Waals surface area contributed by atoms with Crippen molar-refractivity contribution in [2.75, 3.05) is 49.6 Å². The highest BCUT2D eigenvalue weighted by Gasteiger charge is 2.23. The van der Waals surface area contributed by atoms with E-state index < -0.39 is 0 Å². The predicted octanol–water partition coefficient (Wildman–Crippen LogP) is 4.86. The van der Waals surface area contributed by atoms with Gasteiger partial charge in [0.2, 0.25) is 0 Å². The predicted molar refractivity (Wildman–Crippen MR) is 150 cm³/mol. The molecule has 194 valence electrons. The molecule has 2 aliphatic rings. The Kier molecular flexibility index (Phi) is 7.84. The summed E-state index contributed by atoms with van der Waals surface area (Å²) in [6.07, 6.45) is 2.47. The number of hydrogen-bond donors (Lipinski definition) is 1. The number of amides is 1. The number of anilines is 2. The fraction of sp³-hybridized carbons (Fsp3) is 0.414. The fourth-order valence-electron chi connectivity index (χ4n) is 4.49. The quantitative estimate of drug-likeness (QED) is 0.321. The third kappa shape index (κ3) is 6.36. The summed E-state index contributed by atoms with van der Waals surface area (Å²) >= 11 is 1.64. The Bertz CT molecular complexity index is 1220. The first kappa shape index (κ1) is 25.4. The lowest BCUT2D eigenvalue weighted by Gasteiger charge is -2.37. The molecule has 1 saturated carbocycles. The van der Waals surface area contributed by atoms with Crippen molar-refractivity contribution in [3.63, 3.8) is 0 Å². The van der Waals surface area contributed by atoms with Gasteiger partial charge < -0.3 is 19.9 Å². The molecular formula is C29H35N5O2S. The van der Waals surface area contributed by atoms with Crippen LogP contribution in [0.5, 0.6) is 5.75 Å². The van der Waals surface area contributed by atoms with Crippen LogP contribution in [0.1, 0.15) is 40.0 Å². The van der Waals surface area contributed by atoms with E-state index in [1.165, 1.54) is 18.5 Å². The zero-order chi connectivity index (χ0) is 25.8. The molecule has 2 aromatic carbocycles. The van der Waals surface area contributed by atoms with Crippen molar-refractivity contribution in [1.29, 1.82) is 0 Å². The highest BCUT2D eigenvalue weighted by Crippen LogP contribution is 2.29. The van der Waals surface area contributed by atoms with E-state index in [2.05, 4.69) is 41.1 Å². The van der Waals surface area contributed by atoms with Gasteiger partial charge in [0.05, 0.1) is 7.11 Å². The van der Waals surface area contributed by atoms with E-state index in [1.54, 1.807) is 18.9 Å². The van der Waals surface area contributed by atoms with Crippen LogP contribution in [0, 0.1) is 19.8 Å². The number of thioether (sulfide) groups is 1. The summed E-state index contributed by atoms with van der Waals surface area (Å²) in [7, 11) is 1.69. The van der Waals surface area contributed by atoms with Gasteiger partial charge >= 0.3 is 0 Å². The van der Waals surface area contributed by atoms with Gasteiger partial charge in [-0.25, -0.2) is 9.97 Å². The van der Waals surface area contributed by atoms with E-state index in [9.17, 15) is 4.79 Å². The van der Waals surface area contributed by atoms with Crippen LogP contribution in [-0.2, 0) is 5.75 Å². The van der Waals surface area contributed by atoms with Gasteiger partial charge in [-0.15, -0.1) is 0 Å². The van der Waals surface area contributed by atoms with Crippen molar-refractivity contribution in [2.45, 2.75) is 37.6 Å². The third-order valence-electron chi connectivity index (χ3n) is 7.19. The van der Waals surface area contributed by atoms with E-state index in [4.69, 9.17) is 14.7 Å². The lowest BCUT2D eigenvalue weighted by atomic mass is 10.1. The van der Waals surface area contributed by atoms with Gasteiger partial charge in [-0.1, -0.05) is 23.9 Å². The number of carbonyl (C=O) groups excluding carboxylic acids is 1. The Morgan fingerprint density at radius 2 is 1.65 bits per heavy atom. The highest BCUT2D eigenvalue weighted by molar-refractivity contribution is 7.98. The maximum Gasteiger partial charge on any atom is 0.251 e. The van der Waals surface area contributed by atoms with Gasteiger partial charge in [0.1, 0.15) is 11.6 Å². The molecule has 3 aromatic rings. The van der Waals surface area contributed by atoms with Crippen molar-refractivity contribution in [1.82, 2.24) is 15.3 Å². The second kappa shape index (κ2) is 11.4. The molecule has 0 unspecified atom stereocenters. The minimum absolute atomic E-state index is 0.0142. The second-order valence-corrected chi connectivity index (χ2v) is 10.8. The van der Waals surface area contributed by atoms with Gasteiger partial charge in [-0.05, 0) is 74.6 Å². The number of methoxy groups -OCH3 is 1. The summed E-state index contributed by atoms with van der Waals surface area (Å²) in [5.74, 6) is 3.37. The Morgan fingerprint density at radius 3 is 2.30 bits per heavy atom. The topological polar surface area (TPSA) is 70.6 Å². The standard InChI is InChI=1S/C29H35N5O2S/c1-20-21(2)31-29(37-19-23-6-8-24(9-7-23)28(35)30-18-22-4-5-22)32-27(20)34-16-14-33(15-17-34)25-10-12-26(36-3)13-11-25/h6-13,22H,4-5,14-19H2,1-3H3,(H,30,35). The van der Waals surface area contributed by atoms with E-state index in [-0.39, 0.29) is 5.91 Å². The van der Waals surface area contributed by atoms with Crippen molar-refractivity contribution in [3.05, 3.63) is 70.9 Å². The van der Waals surface area contributed by atoms with Crippen LogP contribution < -0.4 is 19.9 Å². The Morgan fingerprint density at radius 1 is 0.973 bits per heavy atom. The molecule has 0 atom stereocenters. The molecule has 0 spiro atoms. The number of nitrogens with zero attached hydrogens (tertiary/aromatic N) is 4. The molecular weight excluding hydrogens is 482 g/mol. The van der Waals surface area contributed by atoms with Gasteiger partial charge in [-0.3, -0.25) is 4.79 Å². The van der Waals surface area contributed by atoms with E-state index in [0.29, 0.717) is 11.5 Å². The molecule has 1 saturated heterocycles. The molecule has 1 N–H and O–H groups in total. The van der Waals surface area contributed by atoms with Crippen LogP contribution in [-0.4, -0.2) is 55.7 Å². The number of nitrogens with one attached hydrogen (secondary N) is 1. The normalized spacial score (nSPS) is 15.5. The maximum atomic E-state index is 12.3. The lowest BCUT2D eigenvalue weighted by Crippen LogP contribution is -2.47. The minimum atomic E-state index is 0.0142. The van der Waals surface area contributed by atoms with Crippen molar-refractivity contribution in [2.24, 2.45) is 5.92 Å². The fourth-order valence-corrected chi connectivity index (χ4v) is 5.33. The Hall–Kier alpha value is -3.26. The SMILES string of the molecule is COc1ccc(N2CCN(c3nc(SCc4ccc(C(=O)NCC5CC5)cc4)nc(C)c3C)CC2)cc1. The first-order chi connectivity index (χ1) is 18.0. The van der Waals surface area contributed by atoms with Gasteiger partial charge in [0.15, 0.2) is 5.16 Å². The second-order valence-electron chi connectivity index (χ2n) is 9.85. The first-order valence-electron chi connectivity index (χ1n) is 13.0. The van der Waals surface area contributed by atoms with Gasteiger partial charge in [-0.2, -0.15) is 0 Å². The smallest absolute Gasteiger partial charge is 0.251 e. The molecule has 1 aliphatic heterocycles. The molecule has 0 radical (unpaired) electrons. The molecule has 8 heteroatoms. The van der Waals surface area contributed by atoms with Crippen LogP contribution in [0.25, 0.3) is 0 Å². The summed E-state index contributed by atoms with van der Waals surface area (Å²) in [6.45, 7) is 8.68. The summed E-state index contributed by atoms with van der Waals surface area (Å²) in [5.41, 5.74) is 5.25. The summed E-state index contributed by atoms with van der Waals surface area (Å²) in [5, 5.41) is 3.82. The van der Waals surface area contributed by atoms with E-state index >= 15 is 0 Å². The average Bonchev–Trinajstić information content (AvgIpc) is 3.77. The van der Waals surface area contributed by atoms with Crippen molar-refractivity contribution < 1.29 is 9.53 Å². The Labute approximate surface area is 223 Å². The number of rotatable bonds is 9. The van der Waals surface area contributed by atoms with Crippen molar-refractivity contribution >= 4 is 29.2 Å². The van der Waals surface area contributed by atoms with Crippen LogP contribution in [0.4, 0.5) is 11.5 Å². The average molecular weight is 518 g/mol. The van der Waals surface area contributed by atoms with E-state index in [0.717, 1.165) is 72.0 Å². The lowest BCUT2D eigenvalue weighted by molar-refractivity contribution is 0.0952. The Balaban J connectivity index is 1.18. The van der Waals surface area contributed by atoms with Crippen LogP contribution in [0.3, 0.4) is 0 Å². The highest BCUT2D eigenvalue weighted by atomic mass is 32.2. The minimum Gasteiger partial charge on any atom is -0.497 e. The number of piperazine rings is 1. The van der Waals surface area contributed by atoms with Crippen LogP contribution >= 0.6 is 11.8 Å². The van der Waals surface area contributed by atoms with E-state index in [1.807, 2.05) is 36.4 Å². The number of hydrogen-bond acceptors (Lipinski definition) is 7. The molecule has 2 fully saturated rings. The zero-order valence-corrected chi connectivity index (χ0v) is 22.7. The maximum absolute atomic E-state index is 12.3. The summed E-state index contributed by atoms with van der Waals surface area (Å²) in [4.78, 5) is 26.8. The van der Waals surface area contributed by atoms with Gasteiger partial charge in [0.25, 0.3) is 5.91 Å². The molecule has 1 aliphatic carbocycles. The molecule has 1 amide bonds. The molecule has 0 bridgehead atoms. The van der Waals surface area contributed by atoms with Crippen LogP contribution in [0.2, 0.25) is 0 Å². The summed E-state index contributed by atoms with van der Waals surface area (Å²) < 4.78 is 5.29. The first-order valence-corrected chi connectivity index (χ1v) is 14.0. The third-order valence-corrected chi connectivity index (χ3v) is 8.11. The monoisotopic (exact) mass is 517 g/mol. The molecule has 2 heterocycles. The molecule has 5 rings (SSSR count). The number of aryl methyl sites for hydroxylation is 1. The number of aromatic nitrogens is 2. The zero-order valence-electron chi connectivity index (χ0n) is 21.9. The number of carbonyl (C=O) groups is 1. The molecule has 1 aromatic heterocycles. The number of ether oxygens (including phenoxy) is 1. The summed E-state index contributed by atoms with van der Waals surface area (Å²) in [6, 6.07) is 16.1.